The van der Waals surface area contributed by atoms with E-state index >= 15 is 0 Å². The van der Waals surface area contributed by atoms with Crippen molar-refractivity contribution in [2.24, 2.45) is 0 Å². The number of nitriles is 1. The van der Waals surface area contributed by atoms with Gasteiger partial charge in [0.1, 0.15) is 6.04 Å². The Morgan fingerprint density at radius 2 is 2.35 bits per heavy atom. The Balaban J connectivity index is 1.81. The predicted molar refractivity (Wildman–Crippen MR) is 63.5 cm³/mol. The molecule has 0 aromatic carbocycles. The number of fused-ring (bicyclic) bond motifs is 1. The lowest BCUT2D eigenvalue weighted by molar-refractivity contribution is 0.216. The van der Waals surface area contributed by atoms with Gasteiger partial charge in [0, 0.05) is 13.6 Å². The molecule has 4 unspecified atom stereocenters. The van der Waals surface area contributed by atoms with E-state index in [4.69, 9.17) is 5.26 Å². The van der Waals surface area contributed by atoms with Crippen LogP contribution in [-0.2, 0) is 0 Å². The van der Waals surface area contributed by atoms with Crippen LogP contribution in [0.15, 0.2) is 11.6 Å². The Hall–Kier alpha value is -0.970. The zero-order valence-electron chi connectivity index (χ0n) is 9.90. The number of nitrogens with one attached hydrogen (secondary N) is 4. The monoisotopic (exact) mass is 234 g/mol. The molecule has 4 N–H and O–H groups in total. The van der Waals surface area contributed by atoms with Gasteiger partial charge in [0.15, 0.2) is 0 Å². The molecule has 3 aliphatic heterocycles. The maximum atomic E-state index is 9.09. The lowest BCUT2D eigenvalue weighted by Gasteiger charge is -2.27. The average molecular weight is 234 g/mol. The molecule has 0 aromatic rings. The molecule has 0 amide bonds. The number of likely N-dealkylation sites (N-methyl/N-ethyl adjacent to an activating group) is 1. The van der Waals surface area contributed by atoms with Crippen LogP contribution < -0.4 is 21.6 Å². The minimum absolute atomic E-state index is 0.151. The van der Waals surface area contributed by atoms with Gasteiger partial charge < -0.3 is 5.32 Å². The fraction of sp³-hybridized carbons (Fsp3) is 0.727. The van der Waals surface area contributed by atoms with Crippen molar-refractivity contribution in [1.82, 2.24) is 26.6 Å². The van der Waals surface area contributed by atoms with E-state index in [2.05, 4.69) is 38.7 Å². The topological polar surface area (TPSA) is 75.2 Å². The maximum absolute atomic E-state index is 9.09. The molecule has 0 radical (unpaired) electrons. The van der Waals surface area contributed by atoms with Crippen molar-refractivity contribution < 1.29 is 0 Å². The van der Waals surface area contributed by atoms with Gasteiger partial charge in [-0.2, -0.15) is 5.26 Å². The summed E-state index contributed by atoms with van der Waals surface area (Å²) in [6.07, 6.45) is 3.40. The molecule has 3 rings (SSSR count). The molecule has 0 saturated carbocycles. The maximum Gasteiger partial charge on any atom is 0.126 e. The molecular formula is C11H18N6. The van der Waals surface area contributed by atoms with Gasteiger partial charge in [0.2, 0.25) is 0 Å². The fourth-order valence-electron chi connectivity index (χ4n) is 3.02. The summed E-state index contributed by atoms with van der Waals surface area (Å²) in [7, 11) is 2.01. The van der Waals surface area contributed by atoms with E-state index < -0.39 is 0 Å². The van der Waals surface area contributed by atoms with Crippen LogP contribution in [0.1, 0.15) is 6.42 Å². The molecule has 0 bridgehead atoms. The summed E-state index contributed by atoms with van der Waals surface area (Å²) in [4.78, 5) is 0. The van der Waals surface area contributed by atoms with Crippen LogP contribution in [0.3, 0.4) is 0 Å². The molecule has 3 aliphatic rings. The van der Waals surface area contributed by atoms with Crippen LogP contribution in [0.5, 0.6) is 0 Å². The van der Waals surface area contributed by atoms with E-state index in [0.29, 0.717) is 6.04 Å². The van der Waals surface area contributed by atoms with Crippen LogP contribution >= 0.6 is 0 Å². The highest BCUT2D eigenvalue weighted by molar-refractivity contribution is 5.25. The first-order valence-corrected chi connectivity index (χ1v) is 6.10. The van der Waals surface area contributed by atoms with Crippen LogP contribution in [0, 0.1) is 11.3 Å². The first-order chi connectivity index (χ1) is 8.31. The summed E-state index contributed by atoms with van der Waals surface area (Å²) in [5.74, 6) is 0. The molecular weight excluding hydrogens is 216 g/mol. The third-order valence-electron chi connectivity index (χ3n) is 3.86. The van der Waals surface area contributed by atoms with Crippen molar-refractivity contribution in [3.63, 3.8) is 0 Å². The van der Waals surface area contributed by atoms with E-state index in [1.807, 2.05) is 7.05 Å². The van der Waals surface area contributed by atoms with Gasteiger partial charge >= 0.3 is 0 Å². The normalized spacial score (nSPS) is 42.0. The first kappa shape index (κ1) is 11.1. The van der Waals surface area contributed by atoms with Gasteiger partial charge in [-0.05, 0) is 18.5 Å². The third kappa shape index (κ3) is 1.76. The van der Waals surface area contributed by atoms with Crippen molar-refractivity contribution in [1.29, 1.82) is 5.26 Å². The zero-order valence-corrected chi connectivity index (χ0v) is 9.90. The van der Waals surface area contributed by atoms with Gasteiger partial charge in [-0.15, -0.1) is 0 Å². The molecule has 17 heavy (non-hydrogen) atoms. The predicted octanol–water partition coefficient (Wildman–Crippen LogP) is -1.54. The van der Waals surface area contributed by atoms with E-state index in [1.165, 1.54) is 5.57 Å². The second-order valence-corrected chi connectivity index (χ2v) is 4.87. The lowest BCUT2D eigenvalue weighted by atomic mass is 9.93. The highest BCUT2D eigenvalue weighted by Gasteiger charge is 2.49. The number of hydrogen-bond acceptors (Lipinski definition) is 6. The summed E-state index contributed by atoms with van der Waals surface area (Å²) < 4.78 is 0. The van der Waals surface area contributed by atoms with Crippen LogP contribution in [0.2, 0.25) is 0 Å². The van der Waals surface area contributed by atoms with Crippen LogP contribution in [0.25, 0.3) is 0 Å². The second kappa shape index (κ2) is 4.37. The Kier molecular flexibility index (Phi) is 2.86. The highest BCUT2D eigenvalue weighted by Crippen LogP contribution is 2.25. The Morgan fingerprint density at radius 1 is 1.47 bits per heavy atom. The minimum atomic E-state index is -0.153. The minimum Gasteiger partial charge on any atom is -0.313 e. The lowest BCUT2D eigenvalue weighted by Crippen LogP contribution is -2.48. The van der Waals surface area contributed by atoms with Gasteiger partial charge in [-0.25, -0.2) is 21.3 Å². The average Bonchev–Trinajstić information content (AvgIpc) is 2.92. The van der Waals surface area contributed by atoms with Crippen molar-refractivity contribution in [3.05, 3.63) is 11.6 Å². The van der Waals surface area contributed by atoms with Gasteiger partial charge in [-0.1, -0.05) is 6.08 Å². The first-order valence-electron chi connectivity index (χ1n) is 6.10. The quantitative estimate of drug-likeness (QED) is 0.412. The largest absolute Gasteiger partial charge is 0.313 e. The van der Waals surface area contributed by atoms with E-state index in [0.717, 1.165) is 19.5 Å². The van der Waals surface area contributed by atoms with Gasteiger partial charge in [0.25, 0.3) is 0 Å². The SMILES string of the molecule is CN1NC(C#N)C2NNC(C3=CCCNC3)C21. The van der Waals surface area contributed by atoms with Crippen LogP contribution in [0.4, 0.5) is 0 Å². The van der Waals surface area contributed by atoms with Crippen molar-refractivity contribution >= 4 is 0 Å². The Labute approximate surface area is 101 Å². The molecule has 2 fully saturated rings. The van der Waals surface area contributed by atoms with E-state index in [1.54, 1.807) is 0 Å². The summed E-state index contributed by atoms with van der Waals surface area (Å²) in [5, 5.41) is 14.5. The molecule has 2 saturated heterocycles. The summed E-state index contributed by atoms with van der Waals surface area (Å²) in [5.41, 5.74) is 11.2. The Morgan fingerprint density at radius 3 is 3.06 bits per heavy atom. The van der Waals surface area contributed by atoms with Crippen molar-refractivity contribution in [2.45, 2.75) is 30.6 Å². The number of hydrazine groups is 2. The number of nitrogens with zero attached hydrogens (tertiary/aromatic N) is 2. The van der Waals surface area contributed by atoms with Gasteiger partial charge in [-0.3, -0.25) is 0 Å². The summed E-state index contributed by atoms with van der Waals surface area (Å²) in [6.45, 7) is 2.00. The fourth-order valence-corrected chi connectivity index (χ4v) is 3.02. The zero-order chi connectivity index (χ0) is 11.8. The number of hydrogen-bond donors (Lipinski definition) is 4. The number of rotatable bonds is 1. The molecule has 6 nitrogen and oxygen atoms in total. The molecule has 3 heterocycles. The molecule has 0 aromatic heterocycles. The molecule has 92 valence electrons. The Bertz CT molecular complexity index is 373. The highest BCUT2D eigenvalue weighted by atomic mass is 15.6. The van der Waals surface area contributed by atoms with Crippen molar-refractivity contribution in [3.8, 4) is 6.07 Å². The van der Waals surface area contributed by atoms with E-state index in [9.17, 15) is 0 Å². The van der Waals surface area contributed by atoms with Crippen molar-refractivity contribution in [2.75, 3.05) is 20.1 Å². The molecule has 6 heteroatoms. The summed E-state index contributed by atoms with van der Waals surface area (Å²) in [6, 6.07) is 2.87. The van der Waals surface area contributed by atoms with E-state index in [-0.39, 0.29) is 18.1 Å². The molecule has 0 aliphatic carbocycles. The second-order valence-electron chi connectivity index (χ2n) is 4.87. The smallest absolute Gasteiger partial charge is 0.126 e. The third-order valence-corrected chi connectivity index (χ3v) is 3.86. The molecule has 4 atom stereocenters. The standard InChI is InChI=1S/C11H18N6/c1-17-11-9(7-3-2-4-13-6-7)14-15-10(11)8(5-12)16-17/h3,8-11,13-16H,2,4,6H2,1H3. The summed E-state index contributed by atoms with van der Waals surface area (Å²) >= 11 is 0. The van der Waals surface area contributed by atoms with Crippen LogP contribution in [-0.4, -0.2) is 49.3 Å². The van der Waals surface area contributed by atoms with Gasteiger partial charge in [0.05, 0.1) is 24.2 Å². The molecule has 0 spiro atoms.